The molecule has 0 atom stereocenters. The van der Waals surface area contributed by atoms with Gasteiger partial charge in [0.05, 0.1) is 6.54 Å². The molecule has 1 aromatic carbocycles. The molecule has 5 heteroatoms. The Labute approximate surface area is 123 Å². The van der Waals surface area contributed by atoms with E-state index in [0.717, 1.165) is 29.6 Å². The molecule has 1 saturated heterocycles. The zero-order chi connectivity index (χ0) is 14.8. The number of fused-ring (bicyclic) bond motifs is 1. The number of aromatic amines is 1. The van der Waals surface area contributed by atoms with Crippen LogP contribution >= 0.6 is 0 Å². The van der Waals surface area contributed by atoms with Crippen molar-refractivity contribution >= 4 is 22.6 Å². The number of piperazine rings is 1. The molecule has 21 heavy (non-hydrogen) atoms. The number of ketones is 1. The highest BCUT2D eigenvalue weighted by Crippen LogP contribution is 2.18. The molecule has 5 nitrogen and oxygen atoms in total. The highest BCUT2D eigenvalue weighted by atomic mass is 16.2. The second-order valence-corrected chi connectivity index (χ2v) is 5.45. The van der Waals surface area contributed by atoms with E-state index < -0.39 is 0 Å². The van der Waals surface area contributed by atoms with E-state index in [9.17, 15) is 9.59 Å². The van der Waals surface area contributed by atoms with Crippen molar-refractivity contribution in [1.29, 1.82) is 0 Å². The first-order chi connectivity index (χ1) is 10.1. The first-order valence-corrected chi connectivity index (χ1v) is 7.22. The quantitative estimate of drug-likeness (QED) is 0.870. The number of carbonyl (C=O) groups excluding carboxylic acids is 2. The molecule has 110 valence electrons. The van der Waals surface area contributed by atoms with Crippen LogP contribution in [-0.4, -0.2) is 59.2 Å². The zero-order valence-corrected chi connectivity index (χ0v) is 12.1. The highest BCUT2D eigenvalue weighted by Gasteiger charge is 2.21. The molecular formula is C16H19N3O2. The van der Waals surface area contributed by atoms with E-state index in [1.807, 2.05) is 29.2 Å². The van der Waals surface area contributed by atoms with Gasteiger partial charge in [0.25, 0.3) is 0 Å². The summed E-state index contributed by atoms with van der Waals surface area (Å²) in [5, 5.41) is 0.977. The minimum Gasteiger partial charge on any atom is -0.360 e. The summed E-state index contributed by atoms with van der Waals surface area (Å²) in [5.41, 5.74) is 1.74. The molecule has 0 radical (unpaired) electrons. The van der Waals surface area contributed by atoms with Crippen molar-refractivity contribution in [3.8, 4) is 0 Å². The predicted molar refractivity (Wildman–Crippen MR) is 81.3 cm³/mol. The fourth-order valence-electron chi connectivity index (χ4n) is 2.81. The first kappa shape index (κ1) is 13.8. The normalized spacial score (nSPS) is 16.3. The third kappa shape index (κ3) is 2.83. The van der Waals surface area contributed by atoms with Gasteiger partial charge in [0.2, 0.25) is 5.91 Å². The molecule has 2 aromatic rings. The Morgan fingerprint density at radius 1 is 1.14 bits per heavy atom. The Bertz CT molecular complexity index is 669. The lowest BCUT2D eigenvalue weighted by Gasteiger charge is -2.33. The van der Waals surface area contributed by atoms with Gasteiger partial charge in [-0.3, -0.25) is 14.5 Å². The second-order valence-electron chi connectivity index (χ2n) is 5.45. The van der Waals surface area contributed by atoms with Crippen molar-refractivity contribution in [3.63, 3.8) is 0 Å². The van der Waals surface area contributed by atoms with Crippen LogP contribution in [0, 0.1) is 0 Å². The fourth-order valence-corrected chi connectivity index (χ4v) is 2.81. The van der Waals surface area contributed by atoms with Crippen LogP contribution < -0.4 is 0 Å². The summed E-state index contributed by atoms with van der Waals surface area (Å²) in [6.45, 7) is 4.93. The van der Waals surface area contributed by atoms with Gasteiger partial charge in [-0.05, 0) is 6.07 Å². The van der Waals surface area contributed by atoms with Gasteiger partial charge in [-0.2, -0.15) is 0 Å². The fraction of sp³-hybridized carbons (Fsp3) is 0.375. The van der Waals surface area contributed by atoms with Gasteiger partial charge in [0, 0.05) is 55.8 Å². The van der Waals surface area contributed by atoms with E-state index in [0.29, 0.717) is 19.6 Å². The first-order valence-electron chi connectivity index (χ1n) is 7.22. The van der Waals surface area contributed by atoms with Crippen LogP contribution in [0.25, 0.3) is 10.9 Å². The number of benzene rings is 1. The van der Waals surface area contributed by atoms with E-state index >= 15 is 0 Å². The molecule has 0 unspecified atom stereocenters. The lowest BCUT2D eigenvalue weighted by atomic mass is 10.1. The molecule has 1 amide bonds. The summed E-state index contributed by atoms with van der Waals surface area (Å²) < 4.78 is 0. The highest BCUT2D eigenvalue weighted by molar-refractivity contribution is 6.08. The van der Waals surface area contributed by atoms with Crippen molar-refractivity contribution < 1.29 is 9.59 Å². The van der Waals surface area contributed by atoms with Gasteiger partial charge in [-0.25, -0.2) is 0 Å². The van der Waals surface area contributed by atoms with E-state index in [4.69, 9.17) is 0 Å². The molecule has 0 saturated carbocycles. The molecule has 1 aromatic heterocycles. The van der Waals surface area contributed by atoms with Crippen LogP contribution in [0.4, 0.5) is 0 Å². The molecule has 3 rings (SSSR count). The molecule has 0 spiro atoms. The van der Waals surface area contributed by atoms with E-state index in [1.54, 1.807) is 13.1 Å². The summed E-state index contributed by atoms with van der Waals surface area (Å²) >= 11 is 0. The number of aromatic nitrogens is 1. The van der Waals surface area contributed by atoms with Crippen molar-refractivity contribution in [3.05, 3.63) is 36.0 Å². The maximum Gasteiger partial charge on any atom is 0.219 e. The van der Waals surface area contributed by atoms with Gasteiger partial charge in [-0.1, -0.05) is 18.2 Å². The summed E-state index contributed by atoms with van der Waals surface area (Å²) in [7, 11) is 0. The number of Topliss-reactive ketones (excluding diaryl/α,β-unsaturated/α-hetero) is 1. The Balaban J connectivity index is 1.66. The smallest absolute Gasteiger partial charge is 0.219 e. The van der Waals surface area contributed by atoms with Crippen molar-refractivity contribution in [2.75, 3.05) is 32.7 Å². The number of amides is 1. The van der Waals surface area contributed by atoms with Crippen LogP contribution in [0.2, 0.25) is 0 Å². The Hall–Kier alpha value is -2.14. The SMILES string of the molecule is CC(=O)N1CCN(CC(=O)c2c[nH]c3ccccc23)CC1. The number of nitrogens with zero attached hydrogens (tertiary/aromatic N) is 2. The number of para-hydroxylation sites is 1. The zero-order valence-electron chi connectivity index (χ0n) is 12.1. The Morgan fingerprint density at radius 3 is 2.57 bits per heavy atom. The minimum absolute atomic E-state index is 0.109. The largest absolute Gasteiger partial charge is 0.360 e. The molecule has 1 aliphatic heterocycles. The van der Waals surface area contributed by atoms with Gasteiger partial charge >= 0.3 is 0 Å². The average Bonchev–Trinajstić information content (AvgIpc) is 2.92. The third-order valence-corrected chi connectivity index (χ3v) is 4.07. The Morgan fingerprint density at radius 2 is 1.86 bits per heavy atom. The Kier molecular flexibility index (Phi) is 3.75. The monoisotopic (exact) mass is 285 g/mol. The van der Waals surface area contributed by atoms with Crippen molar-refractivity contribution in [1.82, 2.24) is 14.8 Å². The van der Waals surface area contributed by atoms with E-state index in [1.165, 1.54) is 0 Å². The van der Waals surface area contributed by atoms with Crippen LogP contribution in [-0.2, 0) is 4.79 Å². The summed E-state index contributed by atoms with van der Waals surface area (Å²) in [5.74, 6) is 0.237. The number of rotatable bonds is 3. The van der Waals surface area contributed by atoms with Crippen molar-refractivity contribution in [2.24, 2.45) is 0 Å². The van der Waals surface area contributed by atoms with Gasteiger partial charge in [-0.15, -0.1) is 0 Å². The average molecular weight is 285 g/mol. The molecule has 1 aliphatic rings. The molecular weight excluding hydrogens is 266 g/mol. The summed E-state index contributed by atoms with van der Waals surface area (Å²) in [6, 6.07) is 7.83. The lowest BCUT2D eigenvalue weighted by Crippen LogP contribution is -2.49. The maximum absolute atomic E-state index is 12.5. The third-order valence-electron chi connectivity index (χ3n) is 4.07. The van der Waals surface area contributed by atoms with Crippen LogP contribution in [0.5, 0.6) is 0 Å². The van der Waals surface area contributed by atoms with Crippen molar-refractivity contribution in [2.45, 2.75) is 6.92 Å². The number of hydrogen-bond donors (Lipinski definition) is 1. The number of H-pyrrole nitrogens is 1. The minimum atomic E-state index is 0.109. The number of carbonyl (C=O) groups is 2. The van der Waals surface area contributed by atoms with E-state index in [2.05, 4.69) is 9.88 Å². The summed E-state index contributed by atoms with van der Waals surface area (Å²) in [4.78, 5) is 30.8. The molecule has 1 fully saturated rings. The number of hydrogen-bond acceptors (Lipinski definition) is 3. The van der Waals surface area contributed by atoms with Gasteiger partial charge in [0.1, 0.15) is 0 Å². The summed E-state index contributed by atoms with van der Waals surface area (Å²) in [6.07, 6.45) is 1.79. The van der Waals surface area contributed by atoms with E-state index in [-0.39, 0.29) is 11.7 Å². The standard InChI is InChI=1S/C16H19N3O2/c1-12(20)19-8-6-18(7-9-19)11-16(21)14-10-17-15-5-3-2-4-13(14)15/h2-5,10,17H,6-9,11H2,1H3. The van der Waals surface area contributed by atoms with Crippen LogP contribution in [0.1, 0.15) is 17.3 Å². The molecule has 0 bridgehead atoms. The molecule has 0 aliphatic carbocycles. The maximum atomic E-state index is 12.5. The van der Waals surface area contributed by atoms with Crippen LogP contribution in [0.15, 0.2) is 30.5 Å². The van der Waals surface area contributed by atoms with Gasteiger partial charge in [0.15, 0.2) is 5.78 Å². The van der Waals surface area contributed by atoms with Gasteiger partial charge < -0.3 is 9.88 Å². The predicted octanol–water partition coefficient (Wildman–Crippen LogP) is 1.51. The molecule has 1 N–H and O–H groups in total. The van der Waals surface area contributed by atoms with Crippen LogP contribution in [0.3, 0.4) is 0 Å². The molecule has 2 heterocycles. The lowest BCUT2D eigenvalue weighted by molar-refractivity contribution is -0.130. The topological polar surface area (TPSA) is 56.4 Å². The number of nitrogens with one attached hydrogen (secondary N) is 1. The second kappa shape index (κ2) is 5.69.